The molecule has 5 rings (SSSR count). The van der Waals surface area contributed by atoms with Crippen LogP contribution in [-0.4, -0.2) is 46.5 Å². The molecule has 4 aromatic carbocycles. The quantitative estimate of drug-likeness (QED) is 0.149. The van der Waals surface area contributed by atoms with Gasteiger partial charge in [0.1, 0.15) is 17.3 Å². The summed E-state index contributed by atoms with van der Waals surface area (Å²) in [6, 6.07) is 34.5. The summed E-state index contributed by atoms with van der Waals surface area (Å²) >= 11 is 1.64. The van der Waals surface area contributed by atoms with E-state index in [1.54, 1.807) is 42.2 Å². The number of hydrogen-bond donors (Lipinski definition) is 3. The fourth-order valence-electron chi connectivity index (χ4n) is 5.29. The molecule has 1 unspecified atom stereocenters. The van der Waals surface area contributed by atoms with Crippen LogP contribution in [0.4, 0.5) is 0 Å². The molecular weight excluding hydrogens is 554 g/mol. The molecule has 0 bridgehead atoms. The second-order valence-corrected chi connectivity index (χ2v) is 11.4. The fourth-order valence-corrected chi connectivity index (χ4v) is 5.76. The summed E-state index contributed by atoms with van der Waals surface area (Å²) in [6.45, 7) is 0.481. The average Bonchev–Trinajstić information content (AvgIpc) is 3.05. The van der Waals surface area contributed by atoms with E-state index in [4.69, 9.17) is 0 Å². The number of nitrogens with one attached hydrogen (secondary N) is 2. The number of aromatic hydroxyl groups is 1. The third kappa shape index (κ3) is 7.62. The summed E-state index contributed by atoms with van der Waals surface area (Å²) in [5.74, 6) is 0.458. The molecule has 2 amide bonds. The molecule has 0 saturated heterocycles. The Morgan fingerprint density at radius 2 is 1.53 bits per heavy atom. The van der Waals surface area contributed by atoms with E-state index in [0.717, 1.165) is 28.7 Å². The first kappa shape index (κ1) is 29.9. The minimum absolute atomic E-state index is 0.0820. The summed E-state index contributed by atoms with van der Waals surface area (Å²) in [4.78, 5) is 31.0. The minimum atomic E-state index is -0.661. The van der Waals surface area contributed by atoms with Gasteiger partial charge in [-0.05, 0) is 77.4 Å². The molecule has 0 fully saturated rings. The molecule has 0 radical (unpaired) electrons. The van der Waals surface area contributed by atoms with Gasteiger partial charge in [0.25, 0.3) is 5.91 Å². The molecule has 0 saturated carbocycles. The van der Waals surface area contributed by atoms with E-state index in [1.165, 1.54) is 11.1 Å². The predicted octanol–water partition coefficient (Wildman–Crippen LogP) is 6.80. The first-order chi connectivity index (χ1) is 21.0. The molecule has 218 valence electrons. The van der Waals surface area contributed by atoms with Crippen molar-refractivity contribution in [2.45, 2.75) is 24.8 Å². The number of thioether (sulfide) groups is 1. The second kappa shape index (κ2) is 14.5. The number of carbonyl (C=O) groups excluding carboxylic acids is 2. The van der Waals surface area contributed by atoms with Gasteiger partial charge >= 0.3 is 0 Å². The van der Waals surface area contributed by atoms with E-state index in [0.29, 0.717) is 24.0 Å². The van der Waals surface area contributed by atoms with Crippen molar-refractivity contribution in [1.82, 2.24) is 15.6 Å². The van der Waals surface area contributed by atoms with Gasteiger partial charge in [-0.3, -0.25) is 14.6 Å². The summed E-state index contributed by atoms with van der Waals surface area (Å²) in [6.07, 6.45) is 4.88. The van der Waals surface area contributed by atoms with Gasteiger partial charge in [-0.15, -0.1) is 0 Å². The lowest BCUT2D eigenvalue weighted by Gasteiger charge is -2.21. The summed E-state index contributed by atoms with van der Waals surface area (Å²) in [5.41, 5.74) is 4.93. The molecule has 1 heterocycles. The SMILES string of the molecule is CSCCC(NC(=O)c1cccc(-c2cc(O)c3ncccc3c2)c1)C(=O)NCCC(c1ccccc1)c1ccccc1. The van der Waals surface area contributed by atoms with Crippen LogP contribution >= 0.6 is 11.8 Å². The normalized spacial score (nSPS) is 11.8. The van der Waals surface area contributed by atoms with E-state index >= 15 is 0 Å². The maximum Gasteiger partial charge on any atom is 0.251 e. The lowest BCUT2D eigenvalue weighted by molar-refractivity contribution is -0.123. The number of amides is 2. The van der Waals surface area contributed by atoms with Gasteiger partial charge in [-0.25, -0.2) is 0 Å². The van der Waals surface area contributed by atoms with Crippen LogP contribution in [0.25, 0.3) is 22.0 Å². The van der Waals surface area contributed by atoms with Gasteiger partial charge in [0.2, 0.25) is 5.91 Å². The molecule has 1 atom stereocenters. The van der Waals surface area contributed by atoms with E-state index < -0.39 is 6.04 Å². The molecule has 7 heteroatoms. The highest BCUT2D eigenvalue weighted by atomic mass is 32.2. The number of fused-ring (bicyclic) bond motifs is 1. The van der Waals surface area contributed by atoms with E-state index in [-0.39, 0.29) is 23.5 Å². The summed E-state index contributed by atoms with van der Waals surface area (Å²) in [7, 11) is 0. The maximum atomic E-state index is 13.4. The van der Waals surface area contributed by atoms with Crippen LogP contribution in [0.15, 0.2) is 115 Å². The molecule has 0 spiro atoms. The number of carbonyl (C=O) groups is 2. The smallest absolute Gasteiger partial charge is 0.251 e. The highest BCUT2D eigenvalue weighted by molar-refractivity contribution is 7.98. The number of benzene rings is 4. The molecule has 0 aliphatic heterocycles. The number of phenols is 1. The lowest BCUT2D eigenvalue weighted by Crippen LogP contribution is -2.47. The van der Waals surface area contributed by atoms with Crippen LogP contribution < -0.4 is 10.6 Å². The third-order valence-electron chi connectivity index (χ3n) is 7.51. The summed E-state index contributed by atoms with van der Waals surface area (Å²) < 4.78 is 0. The molecule has 6 nitrogen and oxygen atoms in total. The van der Waals surface area contributed by atoms with Crippen molar-refractivity contribution in [3.63, 3.8) is 0 Å². The van der Waals surface area contributed by atoms with Crippen LogP contribution in [-0.2, 0) is 4.79 Å². The summed E-state index contributed by atoms with van der Waals surface area (Å²) in [5, 5.41) is 17.4. The molecular formula is C36H35N3O3S. The highest BCUT2D eigenvalue weighted by Gasteiger charge is 2.22. The lowest BCUT2D eigenvalue weighted by atomic mass is 9.88. The molecule has 0 aliphatic rings. The first-order valence-corrected chi connectivity index (χ1v) is 15.8. The van der Waals surface area contributed by atoms with Crippen LogP contribution in [0.1, 0.15) is 40.2 Å². The van der Waals surface area contributed by atoms with E-state index in [9.17, 15) is 14.7 Å². The van der Waals surface area contributed by atoms with Crippen molar-refractivity contribution in [3.8, 4) is 16.9 Å². The Morgan fingerprint density at radius 1 is 0.814 bits per heavy atom. The van der Waals surface area contributed by atoms with Crippen molar-refractivity contribution in [2.24, 2.45) is 0 Å². The number of pyridine rings is 1. The van der Waals surface area contributed by atoms with Crippen LogP contribution in [0.3, 0.4) is 0 Å². The second-order valence-electron chi connectivity index (χ2n) is 10.4. The number of nitrogens with zero attached hydrogens (tertiary/aromatic N) is 1. The first-order valence-electron chi connectivity index (χ1n) is 14.4. The Kier molecular flexibility index (Phi) is 10.1. The standard InChI is InChI=1S/C36H35N3O3S/c1-43-21-18-32(36(42)38-20-17-31(25-10-4-2-5-11-25)26-12-6-3-7-13-26)39-35(41)29-15-8-14-27(22-29)30-23-28-16-9-19-37-34(28)33(40)24-30/h2-16,19,22-24,31-32,40H,17-18,20-21H2,1H3,(H,38,42)(H,39,41). The Hall–Kier alpha value is -4.62. The zero-order valence-corrected chi connectivity index (χ0v) is 24.9. The van der Waals surface area contributed by atoms with Crippen molar-refractivity contribution in [3.05, 3.63) is 132 Å². The van der Waals surface area contributed by atoms with Crippen molar-refractivity contribution < 1.29 is 14.7 Å². The van der Waals surface area contributed by atoms with Crippen LogP contribution in [0.5, 0.6) is 5.75 Å². The Bertz CT molecular complexity index is 1640. The molecule has 3 N–H and O–H groups in total. The van der Waals surface area contributed by atoms with E-state index in [2.05, 4.69) is 39.9 Å². The predicted molar refractivity (Wildman–Crippen MR) is 175 cm³/mol. The largest absolute Gasteiger partial charge is 0.506 e. The number of phenolic OH excluding ortho intramolecular Hbond substituents is 1. The Labute approximate surface area is 256 Å². The molecule has 43 heavy (non-hydrogen) atoms. The zero-order valence-electron chi connectivity index (χ0n) is 24.1. The Morgan fingerprint density at radius 3 is 2.23 bits per heavy atom. The van der Waals surface area contributed by atoms with Crippen LogP contribution in [0, 0.1) is 0 Å². The van der Waals surface area contributed by atoms with Crippen LogP contribution in [0.2, 0.25) is 0 Å². The number of aromatic nitrogens is 1. The van der Waals surface area contributed by atoms with Crippen molar-refractivity contribution in [2.75, 3.05) is 18.6 Å². The van der Waals surface area contributed by atoms with Gasteiger partial charge in [0.05, 0.1) is 0 Å². The van der Waals surface area contributed by atoms with Gasteiger partial charge in [0.15, 0.2) is 0 Å². The van der Waals surface area contributed by atoms with Gasteiger partial charge in [-0.2, -0.15) is 11.8 Å². The number of rotatable bonds is 12. The average molecular weight is 590 g/mol. The molecule has 0 aliphatic carbocycles. The Balaban J connectivity index is 1.27. The molecule has 5 aromatic rings. The van der Waals surface area contributed by atoms with Crippen molar-refractivity contribution >= 4 is 34.5 Å². The topological polar surface area (TPSA) is 91.3 Å². The molecule has 1 aromatic heterocycles. The van der Waals surface area contributed by atoms with Gasteiger partial charge in [0, 0.05) is 29.6 Å². The number of hydrogen-bond acceptors (Lipinski definition) is 5. The van der Waals surface area contributed by atoms with Gasteiger partial charge in [-0.1, -0.05) is 78.9 Å². The maximum absolute atomic E-state index is 13.4. The highest BCUT2D eigenvalue weighted by Crippen LogP contribution is 2.31. The van der Waals surface area contributed by atoms with E-state index in [1.807, 2.05) is 66.9 Å². The zero-order chi connectivity index (χ0) is 30.0. The third-order valence-corrected chi connectivity index (χ3v) is 8.16. The minimum Gasteiger partial charge on any atom is -0.506 e. The van der Waals surface area contributed by atoms with Gasteiger partial charge < -0.3 is 15.7 Å². The van der Waals surface area contributed by atoms with Crippen molar-refractivity contribution in [1.29, 1.82) is 0 Å². The fraction of sp³-hybridized carbons (Fsp3) is 0.194. The monoisotopic (exact) mass is 589 g/mol.